The molecule has 1 aromatic carbocycles. The highest BCUT2D eigenvalue weighted by Gasteiger charge is 2.07. The van der Waals surface area contributed by atoms with Crippen LogP contribution >= 0.6 is 33.9 Å². The first-order valence-electron chi connectivity index (χ1n) is 4.40. The monoisotopic (exact) mass is 332 g/mol. The molecule has 0 N–H and O–H groups in total. The Morgan fingerprint density at radius 1 is 1.40 bits per heavy atom. The fourth-order valence-corrected chi connectivity index (χ4v) is 2.97. The molecule has 0 radical (unpaired) electrons. The maximum atomic E-state index is 11.9. The number of methoxy groups -OCH3 is 1. The molecule has 0 amide bonds. The van der Waals surface area contributed by atoms with Gasteiger partial charge in [-0.05, 0) is 47.7 Å². The summed E-state index contributed by atoms with van der Waals surface area (Å²) in [6.07, 6.45) is 0. The highest BCUT2D eigenvalue weighted by atomic mass is 127. The Hall–Kier alpha value is -0.620. The van der Waals surface area contributed by atoms with Gasteiger partial charge in [0.1, 0.15) is 5.75 Å². The van der Waals surface area contributed by atoms with Crippen molar-refractivity contribution in [2.75, 3.05) is 7.11 Å². The number of halogens is 1. The summed E-state index contributed by atoms with van der Waals surface area (Å²) in [5, 5.41) is 0.774. The van der Waals surface area contributed by atoms with E-state index in [1.54, 1.807) is 18.4 Å². The molecule has 15 heavy (non-hydrogen) atoms. The first-order valence-corrected chi connectivity index (χ1v) is 6.30. The van der Waals surface area contributed by atoms with Crippen LogP contribution in [0.3, 0.4) is 0 Å². The summed E-state index contributed by atoms with van der Waals surface area (Å²) in [7, 11) is 1.63. The lowest BCUT2D eigenvalue weighted by molar-refractivity contribution is 0.415. The van der Waals surface area contributed by atoms with Crippen LogP contribution in [0, 0.1) is 10.5 Å². The van der Waals surface area contributed by atoms with Gasteiger partial charge in [0.25, 0.3) is 0 Å². The van der Waals surface area contributed by atoms with Crippen molar-refractivity contribution < 1.29 is 4.74 Å². The molecule has 0 aliphatic carbocycles. The van der Waals surface area contributed by atoms with Crippen molar-refractivity contribution in [2.45, 2.75) is 6.92 Å². The lowest BCUT2D eigenvalue weighted by Crippen LogP contribution is -2.05. The van der Waals surface area contributed by atoms with E-state index in [4.69, 9.17) is 4.74 Å². The molecule has 2 nitrogen and oxygen atoms in total. The normalized spacial score (nSPS) is 10.6. The number of fused-ring (bicyclic) bond motifs is 1. The van der Waals surface area contributed by atoms with Gasteiger partial charge in [-0.2, -0.15) is 0 Å². The molecule has 0 bridgehead atoms. The smallest absolute Gasteiger partial charge is 0.201 e. The van der Waals surface area contributed by atoms with Gasteiger partial charge in [-0.15, -0.1) is 11.3 Å². The third-order valence-electron chi connectivity index (χ3n) is 2.20. The lowest BCUT2D eigenvalue weighted by atomic mass is 10.2. The van der Waals surface area contributed by atoms with Crippen LogP contribution in [0.1, 0.15) is 4.88 Å². The minimum atomic E-state index is 0.115. The molecule has 0 spiro atoms. The van der Waals surface area contributed by atoms with E-state index in [1.807, 2.05) is 25.1 Å². The third-order valence-corrected chi connectivity index (χ3v) is 4.94. The molecule has 0 fully saturated rings. The van der Waals surface area contributed by atoms with Gasteiger partial charge >= 0.3 is 0 Å². The number of ether oxygens (including phenoxy) is 1. The second-order valence-electron chi connectivity index (χ2n) is 3.16. The van der Waals surface area contributed by atoms with Crippen molar-refractivity contribution in [3.8, 4) is 5.75 Å². The number of hydrogen-bond donors (Lipinski definition) is 0. The Bertz CT molecular complexity index is 575. The van der Waals surface area contributed by atoms with Gasteiger partial charge < -0.3 is 4.74 Å². The van der Waals surface area contributed by atoms with E-state index in [0.29, 0.717) is 0 Å². The van der Waals surface area contributed by atoms with Gasteiger partial charge in [-0.3, -0.25) is 4.79 Å². The molecule has 0 atom stereocenters. The molecule has 2 aromatic rings. The lowest BCUT2D eigenvalue weighted by Gasteiger charge is -2.03. The minimum absolute atomic E-state index is 0.115. The molecule has 1 aromatic heterocycles. The molecule has 0 aliphatic rings. The molecular formula is C11H9IO2S. The molecule has 78 valence electrons. The fourth-order valence-electron chi connectivity index (χ4n) is 1.39. The highest BCUT2D eigenvalue weighted by molar-refractivity contribution is 14.1. The fraction of sp³-hybridized carbons (Fsp3) is 0.182. The Balaban J connectivity index is 2.86. The third kappa shape index (κ3) is 1.88. The standard InChI is InChI=1S/C11H9IO2S/c1-6-10(12)11(13)8-4-3-7(14-2)5-9(8)15-6/h3-5H,1-2H3. The van der Waals surface area contributed by atoms with E-state index in [-0.39, 0.29) is 5.43 Å². The molecule has 4 heteroatoms. The van der Waals surface area contributed by atoms with Crippen LogP contribution in [-0.4, -0.2) is 7.11 Å². The van der Waals surface area contributed by atoms with E-state index in [1.165, 1.54) is 0 Å². The number of benzene rings is 1. The van der Waals surface area contributed by atoms with Crippen LogP contribution in [0.25, 0.3) is 10.1 Å². The average molecular weight is 332 g/mol. The summed E-state index contributed by atoms with van der Waals surface area (Å²) in [5.41, 5.74) is 0.115. The number of rotatable bonds is 1. The van der Waals surface area contributed by atoms with Gasteiger partial charge in [0.05, 0.1) is 10.7 Å². The SMILES string of the molecule is COc1ccc2c(=O)c(I)c(C)sc2c1. The summed E-state index contributed by atoms with van der Waals surface area (Å²) >= 11 is 3.73. The quantitative estimate of drug-likeness (QED) is 0.750. The van der Waals surface area contributed by atoms with Gasteiger partial charge in [-0.1, -0.05) is 0 Å². The zero-order valence-electron chi connectivity index (χ0n) is 8.33. The molecule has 0 aliphatic heterocycles. The average Bonchev–Trinajstić information content (AvgIpc) is 2.25. The summed E-state index contributed by atoms with van der Waals surface area (Å²) in [5.74, 6) is 0.791. The second kappa shape index (κ2) is 4.09. The Morgan fingerprint density at radius 3 is 2.80 bits per heavy atom. The molecule has 0 saturated heterocycles. The van der Waals surface area contributed by atoms with Gasteiger partial charge in [0, 0.05) is 15.0 Å². The number of hydrogen-bond acceptors (Lipinski definition) is 3. The van der Waals surface area contributed by atoms with E-state index in [2.05, 4.69) is 22.6 Å². The summed E-state index contributed by atoms with van der Waals surface area (Å²) in [6.45, 7) is 1.97. The maximum absolute atomic E-state index is 11.9. The predicted octanol–water partition coefficient (Wildman–Crippen LogP) is 3.18. The van der Waals surface area contributed by atoms with Crippen molar-refractivity contribution in [1.29, 1.82) is 0 Å². The molecule has 0 unspecified atom stereocenters. The van der Waals surface area contributed by atoms with Gasteiger partial charge in [0.15, 0.2) is 0 Å². The van der Waals surface area contributed by atoms with Crippen LogP contribution < -0.4 is 10.2 Å². The molecule has 2 rings (SSSR count). The zero-order valence-corrected chi connectivity index (χ0v) is 11.3. The van der Waals surface area contributed by atoms with Crippen LogP contribution in [0.4, 0.5) is 0 Å². The van der Waals surface area contributed by atoms with Crippen LogP contribution in [0.15, 0.2) is 23.0 Å². The van der Waals surface area contributed by atoms with E-state index in [0.717, 1.165) is 24.3 Å². The Labute approximate surface area is 105 Å². The second-order valence-corrected chi connectivity index (χ2v) is 5.50. The van der Waals surface area contributed by atoms with Gasteiger partial charge in [0.2, 0.25) is 5.43 Å². The van der Waals surface area contributed by atoms with Crippen molar-refractivity contribution in [3.63, 3.8) is 0 Å². The van der Waals surface area contributed by atoms with Gasteiger partial charge in [-0.25, -0.2) is 0 Å². The van der Waals surface area contributed by atoms with Crippen molar-refractivity contribution >= 4 is 44.0 Å². The van der Waals surface area contributed by atoms with E-state index >= 15 is 0 Å². The zero-order chi connectivity index (χ0) is 11.0. The first-order chi connectivity index (χ1) is 7.13. The van der Waals surface area contributed by atoms with E-state index in [9.17, 15) is 4.79 Å². The molecule has 0 saturated carbocycles. The van der Waals surface area contributed by atoms with Crippen molar-refractivity contribution in [1.82, 2.24) is 0 Å². The van der Waals surface area contributed by atoms with Crippen LogP contribution in [0.5, 0.6) is 5.75 Å². The largest absolute Gasteiger partial charge is 0.497 e. The number of aryl methyl sites for hydroxylation is 1. The predicted molar refractivity (Wildman–Crippen MR) is 72.1 cm³/mol. The molecular weight excluding hydrogens is 323 g/mol. The summed E-state index contributed by atoms with van der Waals surface area (Å²) in [4.78, 5) is 13.0. The topological polar surface area (TPSA) is 26.3 Å². The van der Waals surface area contributed by atoms with E-state index < -0.39 is 0 Å². The minimum Gasteiger partial charge on any atom is -0.497 e. The van der Waals surface area contributed by atoms with Crippen molar-refractivity contribution in [3.05, 3.63) is 36.9 Å². The van der Waals surface area contributed by atoms with Crippen molar-refractivity contribution in [2.24, 2.45) is 0 Å². The van der Waals surface area contributed by atoms with Crippen LogP contribution in [-0.2, 0) is 0 Å². The highest BCUT2D eigenvalue weighted by Crippen LogP contribution is 2.25. The summed E-state index contributed by atoms with van der Waals surface area (Å²) in [6, 6.07) is 5.56. The summed E-state index contributed by atoms with van der Waals surface area (Å²) < 4.78 is 6.93. The Morgan fingerprint density at radius 2 is 2.13 bits per heavy atom. The first kappa shape index (κ1) is 10.9. The Kier molecular flexibility index (Phi) is 2.97. The van der Waals surface area contributed by atoms with Crippen LogP contribution in [0.2, 0.25) is 0 Å². The maximum Gasteiger partial charge on any atom is 0.201 e. The molecule has 1 heterocycles.